The van der Waals surface area contributed by atoms with Gasteiger partial charge in [-0.1, -0.05) is 12.1 Å². The lowest BCUT2D eigenvalue weighted by atomic mass is 10.2. The number of nitro groups is 1. The molecule has 1 fully saturated rings. The first kappa shape index (κ1) is 19.8. The number of nitro benzene ring substituents is 1. The maximum Gasteiger partial charge on any atom is 0.289 e. The van der Waals surface area contributed by atoms with Crippen LogP contribution < -0.4 is 4.74 Å². The van der Waals surface area contributed by atoms with Gasteiger partial charge in [0.15, 0.2) is 4.90 Å². The number of nitrogens with zero attached hydrogens (tertiary/aromatic N) is 3. The molecule has 0 N–H and O–H groups in total. The van der Waals surface area contributed by atoms with Crippen molar-refractivity contribution in [3.8, 4) is 5.75 Å². The fraction of sp³-hybridized carbons (Fsp3) is 0.278. The predicted molar refractivity (Wildman–Crippen MR) is 101 cm³/mol. The van der Waals surface area contributed by atoms with E-state index < -0.39 is 20.6 Å². The average Bonchev–Trinajstić information content (AvgIpc) is 2.73. The van der Waals surface area contributed by atoms with Gasteiger partial charge in [-0.25, -0.2) is 8.42 Å². The Bertz CT molecular complexity index is 983. The van der Waals surface area contributed by atoms with E-state index in [0.717, 1.165) is 6.07 Å². The predicted octanol–water partition coefficient (Wildman–Crippen LogP) is 1.75. The van der Waals surface area contributed by atoms with Crippen LogP contribution in [0.5, 0.6) is 5.75 Å². The van der Waals surface area contributed by atoms with Crippen molar-refractivity contribution < 1.29 is 22.9 Å². The Kier molecular flexibility index (Phi) is 5.61. The molecule has 28 heavy (non-hydrogen) atoms. The van der Waals surface area contributed by atoms with E-state index in [9.17, 15) is 23.3 Å². The summed E-state index contributed by atoms with van der Waals surface area (Å²) in [6.07, 6.45) is 0. The topological polar surface area (TPSA) is 110 Å². The van der Waals surface area contributed by atoms with Gasteiger partial charge < -0.3 is 9.64 Å². The summed E-state index contributed by atoms with van der Waals surface area (Å²) in [6, 6.07) is 11.9. The van der Waals surface area contributed by atoms with Crippen LogP contribution in [0.1, 0.15) is 10.4 Å². The summed E-state index contributed by atoms with van der Waals surface area (Å²) < 4.78 is 31.9. The summed E-state index contributed by atoms with van der Waals surface area (Å²) in [5.41, 5.74) is 0.0232. The fourth-order valence-electron chi connectivity index (χ4n) is 3.01. The van der Waals surface area contributed by atoms with Gasteiger partial charge in [0.2, 0.25) is 10.0 Å². The Morgan fingerprint density at radius 1 is 1.04 bits per heavy atom. The summed E-state index contributed by atoms with van der Waals surface area (Å²) in [5, 5.41) is 11.2. The number of hydrogen-bond acceptors (Lipinski definition) is 6. The van der Waals surface area contributed by atoms with Crippen LogP contribution in [0.25, 0.3) is 0 Å². The zero-order chi connectivity index (χ0) is 20.3. The highest BCUT2D eigenvalue weighted by molar-refractivity contribution is 7.89. The largest absolute Gasteiger partial charge is 0.497 e. The van der Waals surface area contributed by atoms with Crippen molar-refractivity contribution in [1.29, 1.82) is 0 Å². The van der Waals surface area contributed by atoms with Gasteiger partial charge >= 0.3 is 0 Å². The normalized spacial score (nSPS) is 15.2. The van der Waals surface area contributed by atoms with Crippen molar-refractivity contribution in [2.75, 3.05) is 33.3 Å². The minimum Gasteiger partial charge on any atom is -0.497 e. The zero-order valence-electron chi connectivity index (χ0n) is 15.1. The summed E-state index contributed by atoms with van der Waals surface area (Å²) in [6.45, 7) is 0.530. The van der Waals surface area contributed by atoms with Crippen LogP contribution >= 0.6 is 0 Å². The molecule has 0 saturated carbocycles. The van der Waals surface area contributed by atoms with Crippen LogP contribution in [0.15, 0.2) is 53.4 Å². The van der Waals surface area contributed by atoms with Crippen LogP contribution in [0, 0.1) is 10.1 Å². The standard InChI is InChI=1S/C18H19N3O6S/c1-27-15-8-6-14(7-9-15)18(22)19-10-12-20(13-11-19)28(25,26)17-5-3-2-4-16(17)21(23)24/h2-9H,10-13H2,1H3. The zero-order valence-corrected chi connectivity index (χ0v) is 16.0. The van der Waals surface area contributed by atoms with Crippen LogP contribution in [-0.4, -0.2) is 61.7 Å². The Morgan fingerprint density at radius 2 is 1.64 bits per heavy atom. The monoisotopic (exact) mass is 405 g/mol. The Balaban J connectivity index is 1.72. The third-order valence-corrected chi connectivity index (χ3v) is 6.49. The maximum atomic E-state index is 12.8. The lowest BCUT2D eigenvalue weighted by Crippen LogP contribution is -2.50. The number of benzene rings is 2. The van der Waals surface area contributed by atoms with Gasteiger partial charge in [0.25, 0.3) is 11.6 Å². The maximum absolute atomic E-state index is 12.8. The van der Waals surface area contributed by atoms with E-state index in [2.05, 4.69) is 0 Å². The molecule has 1 aliphatic rings. The first-order valence-corrected chi connectivity index (χ1v) is 9.95. The van der Waals surface area contributed by atoms with Crippen LogP contribution in [0.4, 0.5) is 5.69 Å². The number of rotatable bonds is 5. The second kappa shape index (κ2) is 7.95. The molecular weight excluding hydrogens is 386 g/mol. The van der Waals surface area contributed by atoms with Crippen molar-refractivity contribution in [2.24, 2.45) is 0 Å². The van der Waals surface area contributed by atoms with Gasteiger partial charge in [0.05, 0.1) is 12.0 Å². The number of methoxy groups -OCH3 is 1. The van der Waals surface area contributed by atoms with Crippen molar-refractivity contribution in [1.82, 2.24) is 9.21 Å². The molecule has 0 bridgehead atoms. The smallest absolute Gasteiger partial charge is 0.289 e. The first-order chi connectivity index (χ1) is 13.3. The van der Waals surface area contributed by atoms with E-state index in [1.807, 2.05) is 0 Å². The number of carbonyl (C=O) groups excluding carboxylic acids is 1. The van der Waals surface area contributed by atoms with Crippen molar-refractivity contribution >= 4 is 21.6 Å². The SMILES string of the molecule is COc1ccc(C(=O)N2CCN(S(=O)(=O)c3ccccc3[N+](=O)[O-])CC2)cc1. The molecule has 1 saturated heterocycles. The second-order valence-electron chi connectivity index (χ2n) is 6.15. The summed E-state index contributed by atoms with van der Waals surface area (Å²) in [4.78, 5) is 24.3. The number of ether oxygens (including phenoxy) is 1. The van der Waals surface area contributed by atoms with E-state index in [4.69, 9.17) is 4.74 Å². The number of sulfonamides is 1. The molecule has 10 heteroatoms. The van der Waals surface area contributed by atoms with E-state index in [-0.39, 0.29) is 37.0 Å². The Hall–Kier alpha value is -2.98. The number of para-hydroxylation sites is 1. The minimum absolute atomic E-state index is 0.0658. The van der Waals surface area contributed by atoms with E-state index in [0.29, 0.717) is 11.3 Å². The van der Waals surface area contributed by atoms with Gasteiger partial charge in [0, 0.05) is 37.8 Å². The number of carbonyl (C=O) groups is 1. The number of hydrogen-bond donors (Lipinski definition) is 0. The first-order valence-electron chi connectivity index (χ1n) is 8.51. The lowest BCUT2D eigenvalue weighted by Gasteiger charge is -2.34. The highest BCUT2D eigenvalue weighted by Crippen LogP contribution is 2.27. The molecule has 1 heterocycles. The molecule has 0 atom stereocenters. The highest BCUT2D eigenvalue weighted by Gasteiger charge is 2.34. The summed E-state index contributed by atoms with van der Waals surface area (Å²) in [7, 11) is -2.49. The molecule has 0 radical (unpaired) electrons. The van der Waals surface area contributed by atoms with E-state index in [1.54, 1.807) is 29.2 Å². The van der Waals surface area contributed by atoms with Gasteiger partial charge in [-0.2, -0.15) is 4.31 Å². The molecule has 148 valence electrons. The highest BCUT2D eigenvalue weighted by atomic mass is 32.2. The molecular formula is C18H19N3O6S. The molecule has 1 aliphatic heterocycles. The van der Waals surface area contributed by atoms with Gasteiger partial charge in [-0.3, -0.25) is 14.9 Å². The summed E-state index contributed by atoms with van der Waals surface area (Å²) >= 11 is 0. The quantitative estimate of drug-likeness (QED) is 0.554. The average molecular weight is 405 g/mol. The third-order valence-electron chi connectivity index (χ3n) is 4.54. The molecule has 9 nitrogen and oxygen atoms in total. The van der Waals surface area contributed by atoms with E-state index in [1.165, 1.54) is 29.6 Å². The molecule has 2 aromatic carbocycles. The third kappa shape index (κ3) is 3.82. The van der Waals surface area contributed by atoms with Crippen LogP contribution in [0.3, 0.4) is 0 Å². The van der Waals surface area contributed by atoms with Crippen molar-refractivity contribution in [2.45, 2.75) is 4.90 Å². The minimum atomic E-state index is -4.02. The van der Waals surface area contributed by atoms with Crippen LogP contribution in [0.2, 0.25) is 0 Å². The van der Waals surface area contributed by atoms with E-state index >= 15 is 0 Å². The molecule has 0 aromatic heterocycles. The number of amides is 1. The fourth-order valence-corrected chi connectivity index (χ4v) is 4.59. The lowest BCUT2D eigenvalue weighted by molar-refractivity contribution is -0.387. The van der Waals surface area contributed by atoms with Gasteiger partial charge in [0.1, 0.15) is 5.75 Å². The molecule has 0 unspecified atom stereocenters. The van der Waals surface area contributed by atoms with Crippen molar-refractivity contribution in [3.63, 3.8) is 0 Å². The second-order valence-corrected chi connectivity index (χ2v) is 8.06. The molecule has 3 rings (SSSR count). The molecule has 1 amide bonds. The molecule has 2 aromatic rings. The molecule has 0 spiro atoms. The molecule has 0 aliphatic carbocycles. The van der Waals surface area contributed by atoms with Gasteiger partial charge in [-0.15, -0.1) is 0 Å². The Morgan fingerprint density at radius 3 is 2.21 bits per heavy atom. The Labute approximate surface area is 162 Å². The number of piperazine rings is 1. The van der Waals surface area contributed by atoms with Gasteiger partial charge in [-0.05, 0) is 30.3 Å². The summed E-state index contributed by atoms with van der Waals surface area (Å²) in [5.74, 6) is 0.433. The van der Waals surface area contributed by atoms with Crippen molar-refractivity contribution in [3.05, 3.63) is 64.2 Å². The van der Waals surface area contributed by atoms with Crippen LogP contribution in [-0.2, 0) is 10.0 Å².